The Kier molecular flexibility index (Phi) is 4.07. The summed E-state index contributed by atoms with van der Waals surface area (Å²) in [5.74, 6) is 0. The molecule has 1 nitrogen and oxygen atoms in total. The number of benzene rings is 1. The fourth-order valence-electron chi connectivity index (χ4n) is 1.38. The molecule has 19 heavy (non-hydrogen) atoms. The van der Waals surface area contributed by atoms with Gasteiger partial charge in [-0.3, -0.25) is 4.79 Å². The Morgan fingerprint density at radius 1 is 0.947 bits per heavy atom. The minimum absolute atomic E-state index is 0.0200. The lowest BCUT2D eigenvalue weighted by Gasteiger charge is -2.14. The maximum atomic E-state index is 12.5. The standard InChI is InChI=1S/C12H8F6O/c1-7(2-3-19)8-4-9(11(13,14)15)6-10(5-8)12(16,17)18/h2-6H,1H3. The van der Waals surface area contributed by atoms with Crippen molar-refractivity contribution in [2.45, 2.75) is 19.3 Å². The van der Waals surface area contributed by atoms with Crippen molar-refractivity contribution in [3.05, 3.63) is 41.0 Å². The van der Waals surface area contributed by atoms with E-state index in [0.29, 0.717) is 18.4 Å². The highest BCUT2D eigenvalue weighted by Crippen LogP contribution is 2.37. The molecule has 0 radical (unpaired) electrons. The summed E-state index contributed by atoms with van der Waals surface area (Å²) in [4.78, 5) is 10.2. The number of hydrogen-bond donors (Lipinski definition) is 0. The van der Waals surface area contributed by atoms with Crippen LogP contribution in [0.5, 0.6) is 0 Å². The number of allylic oxidation sites excluding steroid dienone is 2. The molecule has 0 spiro atoms. The van der Waals surface area contributed by atoms with Crippen molar-refractivity contribution in [2.75, 3.05) is 0 Å². The molecule has 1 rings (SSSR count). The van der Waals surface area contributed by atoms with Crippen LogP contribution in [-0.2, 0) is 17.1 Å². The first-order valence-electron chi connectivity index (χ1n) is 4.97. The average molecular weight is 282 g/mol. The first-order valence-corrected chi connectivity index (χ1v) is 4.97. The van der Waals surface area contributed by atoms with Crippen molar-refractivity contribution < 1.29 is 31.1 Å². The fourth-order valence-corrected chi connectivity index (χ4v) is 1.38. The lowest BCUT2D eigenvalue weighted by Crippen LogP contribution is -2.11. The maximum Gasteiger partial charge on any atom is 0.416 e. The van der Waals surface area contributed by atoms with Gasteiger partial charge in [-0.05, 0) is 42.3 Å². The number of hydrogen-bond acceptors (Lipinski definition) is 1. The fraction of sp³-hybridized carbons (Fsp3) is 0.250. The Balaban J connectivity index is 3.50. The van der Waals surface area contributed by atoms with Gasteiger partial charge >= 0.3 is 12.4 Å². The molecule has 0 atom stereocenters. The molecule has 1 aromatic rings. The predicted octanol–water partition coefficient (Wildman–Crippen LogP) is 4.33. The summed E-state index contributed by atoms with van der Waals surface area (Å²) in [5.41, 5.74) is -3.09. The first-order chi connectivity index (χ1) is 8.55. The Hall–Kier alpha value is -1.79. The van der Waals surface area contributed by atoms with Crippen LogP contribution in [0.4, 0.5) is 26.3 Å². The largest absolute Gasteiger partial charge is 0.416 e. The normalized spacial score (nSPS) is 13.5. The zero-order chi connectivity index (χ0) is 14.8. The minimum atomic E-state index is -4.89. The SMILES string of the molecule is CC(=CC=O)c1cc(C(F)(F)F)cc(C(F)(F)F)c1. The molecule has 1 aromatic carbocycles. The minimum Gasteiger partial charge on any atom is -0.299 e. The summed E-state index contributed by atoms with van der Waals surface area (Å²) in [6.45, 7) is 1.25. The van der Waals surface area contributed by atoms with Crippen LogP contribution in [0.1, 0.15) is 23.6 Å². The smallest absolute Gasteiger partial charge is 0.299 e. The van der Waals surface area contributed by atoms with E-state index in [0.717, 1.165) is 6.08 Å². The van der Waals surface area contributed by atoms with E-state index in [-0.39, 0.29) is 17.2 Å². The highest BCUT2D eigenvalue weighted by atomic mass is 19.4. The van der Waals surface area contributed by atoms with Crippen LogP contribution in [-0.4, -0.2) is 6.29 Å². The highest BCUT2D eigenvalue weighted by Gasteiger charge is 2.36. The van der Waals surface area contributed by atoms with E-state index >= 15 is 0 Å². The van der Waals surface area contributed by atoms with E-state index in [2.05, 4.69) is 0 Å². The third kappa shape index (κ3) is 3.84. The van der Waals surface area contributed by atoms with Gasteiger partial charge in [0.05, 0.1) is 11.1 Å². The van der Waals surface area contributed by atoms with Gasteiger partial charge in [-0.15, -0.1) is 0 Å². The maximum absolute atomic E-state index is 12.5. The van der Waals surface area contributed by atoms with Gasteiger partial charge in [0.15, 0.2) is 0 Å². The zero-order valence-electron chi connectivity index (χ0n) is 9.56. The molecule has 0 unspecified atom stereocenters. The van der Waals surface area contributed by atoms with E-state index < -0.39 is 23.5 Å². The number of halogens is 6. The summed E-state index contributed by atoms with van der Waals surface area (Å²) in [7, 11) is 0. The molecule has 0 saturated carbocycles. The van der Waals surface area contributed by atoms with E-state index in [1.54, 1.807) is 0 Å². The van der Waals surface area contributed by atoms with Crippen LogP contribution in [0.25, 0.3) is 5.57 Å². The van der Waals surface area contributed by atoms with Crippen molar-refractivity contribution in [3.63, 3.8) is 0 Å². The number of carbonyl (C=O) groups excluding carboxylic acids is 1. The summed E-state index contributed by atoms with van der Waals surface area (Å²) >= 11 is 0. The third-order valence-electron chi connectivity index (χ3n) is 2.36. The van der Waals surface area contributed by atoms with Gasteiger partial charge in [-0.1, -0.05) is 0 Å². The van der Waals surface area contributed by atoms with Crippen molar-refractivity contribution in [1.29, 1.82) is 0 Å². The monoisotopic (exact) mass is 282 g/mol. The second-order valence-electron chi connectivity index (χ2n) is 3.78. The van der Waals surface area contributed by atoms with Crippen LogP contribution in [0.2, 0.25) is 0 Å². The number of alkyl halides is 6. The van der Waals surface area contributed by atoms with Crippen molar-refractivity contribution >= 4 is 11.9 Å². The van der Waals surface area contributed by atoms with Crippen LogP contribution in [0, 0.1) is 0 Å². The molecule has 0 aliphatic heterocycles. The summed E-state index contributed by atoms with van der Waals surface area (Å²) < 4.78 is 75.2. The Morgan fingerprint density at radius 2 is 1.37 bits per heavy atom. The summed E-state index contributed by atoms with van der Waals surface area (Å²) in [5, 5.41) is 0. The lowest BCUT2D eigenvalue weighted by atomic mass is 10.00. The number of carbonyl (C=O) groups is 1. The predicted molar refractivity (Wildman–Crippen MR) is 56.2 cm³/mol. The molecule has 0 heterocycles. The topological polar surface area (TPSA) is 17.1 Å². The number of rotatable bonds is 2. The van der Waals surface area contributed by atoms with Gasteiger partial charge in [0, 0.05) is 0 Å². The number of aldehydes is 1. The van der Waals surface area contributed by atoms with Crippen LogP contribution in [0.3, 0.4) is 0 Å². The molecule has 7 heteroatoms. The molecule has 0 aromatic heterocycles. The molecular formula is C12H8F6O. The van der Waals surface area contributed by atoms with Gasteiger partial charge in [-0.2, -0.15) is 26.3 Å². The second-order valence-corrected chi connectivity index (χ2v) is 3.78. The van der Waals surface area contributed by atoms with Crippen LogP contribution < -0.4 is 0 Å². The molecular weight excluding hydrogens is 274 g/mol. The highest BCUT2D eigenvalue weighted by molar-refractivity contribution is 5.81. The molecule has 0 N–H and O–H groups in total. The molecule has 104 valence electrons. The second kappa shape index (κ2) is 5.07. The Labute approximate surface area is 104 Å². The van der Waals surface area contributed by atoms with Crippen molar-refractivity contribution in [1.82, 2.24) is 0 Å². The zero-order valence-corrected chi connectivity index (χ0v) is 9.56. The molecule has 0 bridgehead atoms. The Bertz CT molecular complexity index is 478. The van der Waals surface area contributed by atoms with Crippen molar-refractivity contribution in [2.24, 2.45) is 0 Å². The Morgan fingerprint density at radius 3 is 1.68 bits per heavy atom. The van der Waals surface area contributed by atoms with E-state index in [4.69, 9.17) is 0 Å². The molecule has 0 amide bonds. The van der Waals surface area contributed by atoms with Gasteiger partial charge in [0.1, 0.15) is 6.29 Å². The summed E-state index contributed by atoms with van der Waals surface area (Å²) in [6.07, 6.45) is -8.59. The van der Waals surface area contributed by atoms with Gasteiger partial charge in [0.25, 0.3) is 0 Å². The summed E-state index contributed by atoms with van der Waals surface area (Å²) in [6, 6.07) is 1.19. The first kappa shape index (κ1) is 15.3. The van der Waals surface area contributed by atoms with E-state index in [1.807, 2.05) is 0 Å². The average Bonchev–Trinajstić information content (AvgIpc) is 2.26. The van der Waals surface area contributed by atoms with Crippen LogP contribution in [0.15, 0.2) is 24.3 Å². The van der Waals surface area contributed by atoms with Gasteiger partial charge in [-0.25, -0.2) is 0 Å². The lowest BCUT2D eigenvalue weighted by molar-refractivity contribution is -0.143. The van der Waals surface area contributed by atoms with E-state index in [9.17, 15) is 31.1 Å². The molecule has 0 aliphatic rings. The van der Waals surface area contributed by atoms with Gasteiger partial charge in [0.2, 0.25) is 0 Å². The van der Waals surface area contributed by atoms with Crippen LogP contribution >= 0.6 is 0 Å². The quantitative estimate of drug-likeness (QED) is 0.448. The molecule has 0 saturated heterocycles. The van der Waals surface area contributed by atoms with E-state index in [1.165, 1.54) is 6.92 Å². The van der Waals surface area contributed by atoms with Gasteiger partial charge < -0.3 is 0 Å². The molecule has 0 fully saturated rings. The van der Waals surface area contributed by atoms with Crippen molar-refractivity contribution in [3.8, 4) is 0 Å². The third-order valence-corrected chi connectivity index (χ3v) is 2.36. The molecule has 0 aliphatic carbocycles.